The first-order valence-electron chi connectivity index (χ1n) is 7.46. The minimum atomic E-state index is -0.172. The number of urea groups is 1. The summed E-state index contributed by atoms with van der Waals surface area (Å²) >= 11 is 0. The number of hydrogen-bond donors (Lipinski definition) is 2. The van der Waals surface area contributed by atoms with Gasteiger partial charge in [0.05, 0.1) is 6.04 Å². The number of hydrogen-bond acceptors (Lipinski definition) is 1. The van der Waals surface area contributed by atoms with Crippen LogP contribution in [0.1, 0.15) is 36.1 Å². The van der Waals surface area contributed by atoms with Crippen LogP contribution >= 0.6 is 0 Å². The molecule has 3 nitrogen and oxygen atoms in total. The number of aryl methyl sites for hydroxylation is 2. The Kier molecular flexibility index (Phi) is 3.91. The zero-order valence-corrected chi connectivity index (χ0v) is 12.2. The molecule has 0 aliphatic heterocycles. The Bertz CT molecular complexity index is 637. The Hall–Kier alpha value is -2.29. The van der Waals surface area contributed by atoms with E-state index in [0.717, 1.165) is 12.1 Å². The summed E-state index contributed by atoms with van der Waals surface area (Å²) in [6.45, 7) is 2.02. The maximum atomic E-state index is 12.0. The second-order valence-corrected chi connectivity index (χ2v) is 5.57. The molecule has 0 saturated carbocycles. The van der Waals surface area contributed by atoms with Gasteiger partial charge in [-0.25, -0.2) is 4.79 Å². The topological polar surface area (TPSA) is 41.1 Å². The standard InChI is InChI=1S/C18H20N2O/c1-13(15-11-10-14-6-5-7-16(14)12-15)19-18(21)20-17-8-3-2-4-9-17/h2-4,8-13H,5-7H2,1H3,(H2,19,20,21). The molecule has 21 heavy (non-hydrogen) atoms. The van der Waals surface area contributed by atoms with Crippen molar-refractivity contribution in [2.75, 3.05) is 5.32 Å². The summed E-state index contributed by atoms with van der Waals surface area (Å²) in [4.78, 5) is 12.0. The molecule has 1 aliphatic carbocycles. The Morgan fingerprint density at radius 1 is 1.05 bits per heavy atom. The van der Waals surface area contributed by atoms with E-state index < -0.39 is 0 Å². The number of anilines is 1. The van der Waals surface area contributed by atoms with Crippen LogP contribution in [0, 0.1) is 0 Å². The van der Waals surface area contributed by atoms with Crippen LogP contribution in [0.15, 0.2) is 48.5 Å². The number of para-hydroxylation sites is 1. The van der Waals surface area contributed by atoms with E-state index in [0.29, 0.717) is 0 Å². The number of nitrogens with one attached hydrogen (secondary N) is 2. The molecule has 1 aliphatic rings. The summed E-state index contributed by atoms with van der Waals surface area (Å²) < 4.78 is 0. The highest BCUT2D eigenvalue weighted by Gasteiger charge is 2.14. The van der Waals surface area contributed by atoms with Gasteiger partial charge < -0.3 is 10.6 Å². The molecule has 1 unspecified atom stereocenters. The Labute approximate surface area is 125 Å². The summed E-state index contributed by atoms with van der Waals surface area (Å²) in [5, 5.41) is 5.83. The van der Waals surface area contributed by atoms with Gasteiger partial charge >= 0.3 is 6.03 Å². The molecule has 2 amide bonds. The molecule has 0 radical (unpaired) electrons. The number of amides is 2. The minimum absolute atomic E-state index is 0.000359. The van der Waals surface area contributed by atoms with Crippen molar-refractivity contribution in [3.05, 3.63) is 65.2 Å². The number of fused-ring (bicyclic) bond motifs is 1. The fourth-order valence-electron chi connectivity index (χ4n) is 2.83. The van der Waals surface area contributed by atoms with Gasteiger partial charge in [-0.15, -0.1) is 0 Å². The highest BCUT2D eigenvalue weighted by atomic mass is 16.2. The third-order valence-electron chi connectivity index (χ3n) is 4.00. The van der Waals surface area contributed by atoms with E-state index in [4.69, 9.17) is 0 Å². The summed E-state index contributed by atoms with van der Waals surface area (Å²) in [6, 6.07) is 15.9. The molecule has 2 aromatic rings. The zero-order valence-electron chi connectivity index (χ0n) is 12.2. The molecular formula is C18H20N2O. The maximum Gasteiger partial charge on any atom is 0.319 e. The lowest BCUT2D eigenvalue weighted by Crippen LogP contribution is -2.31. The number of benzene rings is 2. The van der Waals surface area contributed by atoms with Crippen LogP contribution in [0.4, 0.5) is 10.5 Å². The van der Waals surface area contributed by atoms with Crippen molar-refractivity contribution in [3.8, 4) is 0 Å². The van der Waals surface area contributed by atoms with E-state index in [2.05, 4.69) is 28.8 Å². The fourth-order valence-corrected chi connectivity index (χ4v) is 2.83. The first kappa shape index (κ1) is 13.7. The first-order chi connectivity index (χ1) is 10.2. The van der Waals surface area contributed by atoms with Gasteiger partial charge in [-0.2, -0.15) is 0 Å². The van der Waals surface area contributed by atoms with Crippen molar-refractivity contribution >= 4 is 11.7 Å². The highest BCUT2D eigenvalue weighted by molar-refractivity contribution is 5.89. The van der Waals surface area contributed by atoms with Gasteiger partial charge in [-0.1, -0.05) is 36.4 Å². The Morgan fingerprint density at radius 3 is 2.62 bits per heavy atom. The predicted molar refractivity (Wildman–Crippen MR) is 85.5 cm³/mol. The van der Waals surface area contributed by atoms with Gasteiger partial charge in [0.25, 0.3) is 0 Å². The van der Waals surface area contributed by atoms with Crippen LogP contribution < -0.4 is 10.6 Å². The van der Waals surface area contributed by atoms with Gasteiger partial charge in [0.1, 0.15) is 0 Å². The molecule has 0 bridgehead atoms. The molecule has 2 aromatic carbocycles. The second kappa shape index (κ2) is 6.00. The molecule has 108 valence electrons. The van der Waals surface area contributed by atoms with Crippen molar-refractivity contribution in [1.29, 1.82) is 0 Å². The van der Waals surface area contributed by atoms with E-state index in [-0.39, 0.29) is 12.1 Å². The Morgan fingerprint density at radius 2 is 1.81 bits per heavy atom. The summed E-state index contributed by atoms with van der Waals surface area (Å²) in [5.41, 5.74) is 4.86. The van der Waals surface area contributed by atoms with E-state index in [1.54, 1.807) is 0 Å². The lowest BCUT2D eigenvalue weighted by atomic mass is 10.0. The summed E-state index contributed by atoms with van der Waals surface area (Å²) in [6.07, 6.45) is 3.59. The average Bonchev–Trinajstić information content (AvgIpc) is 2.95. The first-order valence-corrected chi connectivity index (χ1v) is 7.46. The van der Waals surface area contributed by atoms with Crippen LogP contribution in [-0.2, 0) is 12.8 Å². The van der Waals surface area contributed by atoms with Crippen LogP contribution in [0.3, 0.4) is 0 Å². The van der Waals surface area contributed by atoms with Gasteiger partial charge in [-0.05, 0) is 55.0 Å². The molecule has 1 atom stereocenters. The molecule has 0 spiro atoms. The second-order valence-electron chi connectivity index (χ2n) is 5.57. The van der Waals surface area contributed by atoms with Crippen molar-refractivity contribution < 1.29 is 4.79 Å². The molecule has 0 saturated heterocycles. The minimum Gasteiger partial charge on any atom is -0.331 e. The molecule has 0 fully saturated rings. The van der Waals surface area contributed by atoms with Gasteiger partial charge in [0.2, 0.25) is 0 Å². The average molecular weight is 280 g/mol. The third kappa shape index (κ3) is 3.24. The van der Waals surface area contributed by atoms with Crippen molar-refractivity contribution in [3.63, 3.8) is 0 Å². The number of carbonyl (C=O) groups is 1. The predicted octanol–water partition coefficient (Wildman–Crippen LogP) is 4.06. The van der Waals surface area contributed by atoms with E-state index >= 15 is 0 Å². The highest BCUT2D eigenvalue weighted by Crippen LogP contribution is 2.25. The van der Waals surface area contributed by atoms with Crippen molar-refractivity contribution in [1.82, 2.24) is 5.32 Å². The lowest BCUT2D eigenvalue weighted by Gasteiger charge is -2.16. The summed E-state index contributed by atoms with van der Waals surface area (Å²) in [7, 11) is 0. The smallest absolute Gasteiger partial charge is 0.319 e. The zero-order chi connectivity index (χ0) is 14.7. The quantitative estimate of drug-likeness (QED) is 0.874. The van der Waals surface area contributed by atoms with Crippen LogP contribution in [0.5, 0.6) is 0 Å². The van der Waals surface area contributed by atoms with E-state index in [1.807, 2.05) is 37.3 Å². The Balaban J connectivity index is 1.63. The molecule has 2 N–H and O–H groups in total. The lowest BCUT2D eigenvalue weighted by molar-refractivity contribution is 0.249. The molecule has 3 heteroatoms. The van der Waals surface area contributed by atoms with Crippen molar-refractivity contribution in [2.45, 2.75) is 32.2 Å². The number of rotatable bonds is 3. The van der Waals surface area contributed by atoms with Gasteiger partial charge in [0.15, 0.2) is 0 Å². The molecular weight excluding hydrogens is 260 g/mol. The van der Waals surface area contributed by atoms with Gasteiger partial charge in [0, 0.05) is 5.69 Å². The summed E-state index contributed by atoms with van der Waals surface area (Å²) in [5.74, 6) is 0. The van der Waals surface area contributed by atoms with Crippen LogP contribution in [0.25, 0.3) is 0 Å². The molecule has 0 aromatic heterocycles. The van der Waals surface area contributed by atoms with Crippen LogP contribution in [-0.4, -0.2) is 6.03 Å². The molecule has 0 heterocycles. The third-order valence-corrected chi connectivity index (χ3v) is 4.00. The van der Waals surface area contributed by atoms with E-state index in [1.165, 1.54) is 29.5 Å². The fraction of sp³-hybridized carbons (Fsp3) is 0.278. The van der Waals surface area contributed by atoms with E-state index in [9.17, 15) is 4.79 Å². The van der Waals surface area contributed by atoms with Gasteiger partial charge in [-0.3, -0.25) is 0 Å². The normalized spacial score (nSPS) is 14.3. The largest absolute Gasteiger partial charge is 0.331 e. The number of carbonyl (C=O) groups excluding carboxylic acids is 1. The SMILES string of the molecule is CC(NC(=O)Nc1ccccc1)c1ccc2c(c1)CCC2. The monoisotopic (exact) mass is 280 g/mol. The van der Waals surface area contributed by atoms with Crippen LogP contribution in [0.2, 0.25) is 0 Å². The molecule has 3 rings (SSSR count). The van der Waals surface area contributed by atoms with Crippen molar-refractivity contribution in [2.24, 2.45) is 0 Å². The maximum absolute atomic E-state index is 12.0.